The molecule has 1 aromatic carbocycles. The first-order valence-electron chi connectivity index (χ1n) is 9.32. The van der Waals surface area contributed by atoms with Crippen molar-refractivity contribution in [2.24, 2.45) is 5.92 Å². The quantitative estimate of drug-likeness (QED) is 0.590. The molecule has 2 rings (SSSR count). The molecule has 0 saturated carbocycles. The maximum Gasteiger partial charge on any atom is 0.326 e. The van der Waals surface area contributed by atoms with Gasteiger partial charge in [-0.25, -0.2) is 17.9 Å². The van der Waals surface area contributed by atoms with Crippen molar-refractivity contribution >= 4 is 21.9 Å². The SMILES string of the molecule is CC(C)C[C@H](NC(=O)CCNS(=O)(=O)c1ccc2c(c1)CCCC2)C(=O)O. The van der Waals surface area contributed by atoms with E-state index in [0.717, 1.165) is 31.2 Å². The van der Waals surface area contributed by atoms with Gasteiger partial charge < -0.3 is 10.4 Å². The summed E-state index contributed by atoms with van der Waals surface area (Å²) in [6.45, 7) is 3.66. The van der Waals surface area contributed by atoms with Gasteiger partial charge in [0.05, 0.1) is 4.90 Å². The average Bonchev–Trinajstić information content (AvgIpc) is 2.60. The number of nitrogens with one attached hydrogen (secondary N) is 2. The molecule has 0 radical (unpaired) electrons. The zero-order valence-corrected chi connectivity index (χ0v) is 16.6. The molecule has 0 spiro atoms. The first-order valence-corrected chi connectivity index (χ1v) is 10.8. The highest BCUT2D eigenvalue weighted by atomic mass is 32.2. The van der Waals surface area contributed by atoms with Crippen molar-refractivity contribution in [1.29, 1.82) is 0 Å². The van der Waals surface area contributed by atoms with Crippen molar-refractivity contribution in [3.63, 3.8) is 0 Å². The van der Waals surface area contributed by atoms with Crippen LogP contribution in [0, 0.1) is 5.92 Å². The number of aryl methyl sites for hydroxylation is 2. The van der Waals surface area contributed by atoms with Gasteiger partial charge in [0.15, 0.2) is 0 Å². The highest BCUT2D eigenvalue weighted by Crippen LogP contribution is 2.24. The lowest BCUT2D eigenvalue weighted by Crippen LogP contribution is -2.42. The molecule has 1 aliphatic rings. The van der Waals surface area contributed by atoms with Crippen molar-refractivity contribution < 1.29 is 23.1 Å². The smallest absolute Gasteiger partial charge is 0.326 e. The Balaban J connectivity index is 1.89. The third-order valence-corrected chi connectivity index (χ3v) is 6.07. The number of aliphatic carboxylic acids is 1. The first kappa shape index (κ1) is 21.4. The summed E-state index contributed by atoms with van der Waals surface area (Å²) >= 11 is 0. The fourth-order valence-corrected chi connectivity index (χ4v) is 4.30. The average molecular weight is 397 g/mol. The number of carbonyl (C=O) groups excluding carboxylic acids is 1. The van der Waals surface area contributed by atoms with Gasteiger partial charge >= 0.3 is 5.97 Å². The summed E-state index contributed by atoms with van der Waals surface area (Å²) in [5, 5.41) is 11.6. The third-order valence-electron chi connectivity index (χ3n) is 4.61. The maximum absolute atomic E-state index is 12.4. The molecular formula is C19H28N2O5S. The molecule has 1 atom stereocenters. The number of hydrogen-bond acceptors (Lipinski definition) is 4. The Hall–Kier alpha value is -1.93. The largest absolute Gasteiger partial charge is 0.480 e. The topological polar surface area (TPSA) is 113 Å². The molecule has 0 heterocycles. The molecule has 0 fully saturated rings. The van der Waals surface area contributed by atoms with Crippen LogP contribution >= 0.6 is 0 Å². The van der Waals surface area contributed by atoms with E-state index in [9.17, 15) is 18.0 Å². The van der Waals surface area contributed by atoms with Crippen molar-refractivity contribution in [1.82, 2.24) is 10.0 Å². The first-order chi connectivity index (χ1) is 12.7. The van der Waals surface area contributed by atoms with E-state index in [1.165, 1.54) is 5.56 Å². The Morgan fingerprint density at radius 2 is 1.81 bits per heavy atom. The van der Waals surface area contributed by atoms with Crippen LogP contribution in [0.3, 0.4) is 0 Å². The van der Waals surface area contributed by atoms with Crippen LogP contribution in [0.4, 0.5) is 0 Å². The summed E-state index contributed by atoms with van der Waals surface area (Å²) in [5.41, 5.74) is 2.27. The summed E-state index contributed by atoms with van der Waals surface area (Å²) in [4.78, 5) is 23.3. The summed E-state index contributed by atoms with van der Waals surface area (Å²) in [6, 6.07) is 4.20. The van der Waals surface area contributed by atoms with Crippen molar-refractivity contribution in [2.45, 2.75) is 63.3 Å². The van der Waals surface area contributed by atoms with Gasteiger partial charge in [-0.2, -0.15) is 0 Å². The lowest BCUT2D eigenvalue weighted by atomic mass is 9.92. The Morgan fingerprint density at radius 1 is 1.15 bits per heavy atom. The molecule has 0 bridgehead atoms. The normalized spacial score (nSPS) is 15.2. The van der Waals surface area contributed by atoms with E-state index in [2.05, 4.69) is 10.0 Å². The molecule has 0 aliphatic heterocycles. The summed E-state index contributed by atoms with van der Waals surface area (Å²) in [5.74, 6) is -1.46. The number of rotatable bonds is 9. The predicted octanol–water partition coefficient (Wildman–Crippen LogP) is 1.85. The molecule has 0 aromatic heterocycles. The van der Waals surface area contributed by atoms with E-state index in [4.69, 9.17) is 5.11 Å². The molecule has 8 heteroatoms. The molecule has 1 aromatic rings. The second-order valence-corrected chi connectivity index (χ2v) is 9.14. The molecular weight excluding hydrogens is 368 g/mol. The van der Waals surface area contributed by atoms with Gasteiger partial charge in [-0.05, 0) is 61.3 Å². The standard InChI is InChI=1S/C19H28N2O5S/c1-13(2)11-17(19(23)24)21-18(22)9-10-20-27(25,26)16-8-7-14-5-3-4-6-15(14)12-16/h7-8,12-13,17,20H,3-6,9-11H2,1-2H3,(H,21,22)(H,23,24)/t17-/m0/s1. The number of benzene rings is 1. The van der Waals surface area contributed by atoms with Crippen LogP contribution in [-0.2, 0) is 32.5 Å². The molecule has 7 nitrogen and oxygen atoms in total. The Bertz CT molecular complexity index is 789. The minimum atomic E-state index is -3.70. The van der Waals surface area contributed by atoms with E-state index in [1.807, 2.05) is 19.9 Å². The van der Waals surface area contributed by atoms with Crippen LogP contribution in [-0.4, -0.2) is 38.0 Å². The van der Waals surface area contributed by atoms with Crippen LogP contribution in [0.5, 0.6) is 0 Å². The van der Waals surface area contributed by atoms with Crippen LogP contribution in [0.25, 0.3) is 0 Å². The number of fused-ring (bicyclic) bond motifs is 1. The Kier molecular flexibility index (Phi) is 7.38. The second-order valence-electron chi connectivity index (χ2n) is 7.37. The van der Waals surface area contributed by atoms with E-state index in [0.29, 0.717) is 6.42 Å². The van der Waals surface area contributed by atoms with E-state index >= 15 is 0 Å². The molecule has 0 unspecified atom stereocenters. The van der Waals surface area contributed by atoms with Crippen LogP contribution in [0.2, 0.25) is 0 Å². The fraction of sp³-hybridized carbons (Fsp3) is 0.579. The summed E-state index contributed by atoms with van der Waals surface area (Å²) < 4.78 is 27.3. The van der Waals surface area contributed by atoms with Crippen molar-refractivity contribution in [2.75, 3.05) is 6.54 Å². The van der Waals surface area contributed by atoms with Gasteiger partial charge in [-0.3, -0.25) is 4.79 Å². The van der Waals surface area contributed by atoms with Crippen LogP contribution in [0.15, 0.2) is 23.1 Å². The number of amides is 1. The molecule has 1 aliphatic carbocycles. The molecule has 1 amide bonds. The number of carbonyl (C=O) groups is 2. The van der Waals surface area contributed by atoms with Gasteiger partial charge in [0, 0.05) is 13.0 Å². The fourth-order valence-electron chi connectivity index (χ4n) is 3.22. The minimum Gasteiger partial charge on any atom is -0.480 e. The Morgan fingerprint density at radius 3 is 2.44 bits per heavy atom. The summed E-state index contributed by atoms with van der Waals surface area (Å²) in [6.07, 6.45) is 4.25. The third kappa shape index (κ3) is 6.32. The molecule has 150 valence electrons. The number of sulfonamides is 1. The Labute approximate surface area is 160 Å². The maximum atomic E-state index is 12.4. The van der Waals surface area contributed by atoms with Gasteiger partial charge in [0.25, 0.3) is 0 Å². The van der Waals surface area contributed by atoms with Gasteiger partial charge in [-0.1, -0.05) is 19.9 Å². The number of hydrogen-bond donors (Lipinski definition) is 3. The van der Waals surface area contributed by atoms with E-state index in [-0.39, 0.29) is 23.8 Å². The second kappa shape index (κ2) is 9.32. The monoisotopic (exact) mass is 396 g/mol. The van der Waals surface area contributed by atoms with Gasteiger partial charge in [0.1, 0.15) is 6.04 Å². The lowest BCUT2D eigenvalue weighted by Gasteiger charge is -2.17. The minimum absolute atomic E-state index is 0.0841. The molecule has 3 N–H and O–H groups in total. The van der Waals surface area contributed by atoms with Crippen LogP contribution < -0.4 is 10.0 Å². The van der Waals surface area contributed by atoms with Crippen molar-refractivity contribution in [3.05, 3.63) is 29.3 Å². The van der Waals surface area contributed by atoms with Gasteiger partial charge in [0.2, 0.25) is 15.9 Å². The lowest BCUT2D eigenvalue weighted by molar-refractivity contribution is -0.142. The van der Waals surface area contributed by atoms with Crippen LogP contribution in [0.1, 0.15) is 50.7 Å². The zero-order chi connectivity index (χ0) is 20.0. The van der Waals surface area contributed by atoms with E-state index in [1.54, 1.807) is 12.1 Å². The van der Waals surface area contributed by atoms with Crippen molar-refractivity contribution in [3.8, 4) is 0 Å². The zero-order valence-electron chi connectivity index (χ0n) is 15.8. The van der Waals surface area contributed by atoms with E-state index < -0.39 is 27.9 Å². The van der Waals surface area contributed by atoms with Gasteiger partial charge in [-0.15, -0.1) is 0 Å². The number of carboxylic acid groups (broad SMARTS) is 1. The molecule has 27 heavy (non-hydrogen) atoms. The highest BCUT2D eigenvalue weighted by molar-refractivity contribution is 7.89. The predicted molar refractivity (Wildman–Crippen MR) is 102 cm³/mol. The summed E-state index contributed by atoms with van der Waals surface area (Å²) in [7, 11) is -3.70. The highest BCUT2D eigenvalue weighted by Gasteiger charge is 2.22. The number of carboxylic acids is 1. The molecule has 0 saturated heterocycles.